The van der Waals surface area contributed by atoms with Crippen LogP contribution in [-0.2, 0) is 5.41 Å². The van der Waals surface area contributed by atoms with E-state index in [1.807, 2.05) is 12.1 Å². The van der Waals surface area contributed by atoms with E-state index < -0.39 is 0 Å². The highest BCUT2D eigenvalue weighted by atomic mass is 16.3. The van der Waals surface area contributed by atoms with Crippen LogP contribution in [0.25, 0.3) is 65.8 Å². The number of nitrogens with zero attached hydrogens (tertiary/aromatic N) is 1. The molecule has 0 unspecified atom stereocenters. The summed E-state index contributed by atoms with van der Waals surface area (Å²) in [5.74, 6) is 0. The zero-order valence-corrected chi connectivity index (χ0v) is 26.6. The predicted octanol–water partition coefficient (Wildman–Crippen LogP) is 13.1. The van der Waals surface area contributed by atoms with Crippen molar-refractivity contribution in [2.45, 2.75) is 26.2 Å². The van der Waals surface area contributed by atoms with Crippen molar-refractivity contribution in [3.63, 3.8) is 0 Å². The van der Waals surface area contributed by atoms with E-state index in [4.69, 9.17) is 8.83 Å². The van der Waals surface area contributed by atoms with E-state index >= 15 is 0 Å². The van der Waals surface area contributed by atoms with Gasteiger partial charge in [0.2, 0.25) is 0 Å². The van der Waals surface area contributed by atoms with Crippen molar-refractivity contribution in [1.29, 1.82) is 0 Å². The van der Waals surface area contributed by atoms with Gasteiger partial charge in [-0.05, 0) is 64.6 Å². The highest BCUT2D eigenvalue weighted by Crippen LogP contribution is 2.48. The van der Waals surface area contributed by atoms with Gasteiger partial charge < -0.3 is 13.7 Å². The van der Waals surface area contributed by atoms with Gasteiger partial charge in [0.1, 0.15) is 22.3 Å². The van der Waals surface area contributed by atoms with Crippen LogP contribution in [0.1, 0.15) is 26.3 Å². The van der Waals surface area contributed by atoms with Gasteiger partial charge in [0.25, 0.3) is 0 Å². The zero-order chi connectivity index (χ0) is 31.7. The molecule has 0 aliphatic rings. The summed E-state index contributed by atoms with van der Waals surface area (Å²) in [6.45, 7) is 6.82. The summed E-state index contributed by atoms with van der Waals surface area (Å²) < 4.78 is 13.1. The normalized spacial score (nSPS) is 12.1. The maximum Gasteiger partial charge on any atom is 0.143 e. The molecule has 0 atom stereocenters. The first-order valence-electron chi connectivity index (χ1n) is 16.2. The molecule has 2 heterocycles. The molecule has 9 rings (SSSR count). The van der Waals surface area contributed by atoms with E-state index in [1.165, 1.54) is 22.1 Å². The van der Waals surface area contributed by atoms with Gasteiger partial charge in [-0.15, -0.1) is 0 Å². The fourth-order valence-electron chi connectivity index (χ4n) is 7.22. The summed E-state index contributed by atoms with van der Waals surface area (Å²) in [5, 5.41) is 6.69. The summed E-state index contributed by atoms with van der Waals surface area (Å²) in [6.07, 6.45) is 0. The van der Waals surface area contributed by atoms with Crippen molar-refractivity contribution in [1.82, 2.24) is 0 Å². The van der Waals surface area contributed by atoms with E-state index in [-0.39, 0.29) is 5.41 Å². The Kier molecular flexibility index (Phi) is 6.07. The zero-order valence-electron chi connectivity index (χ0n) is 26.6. The largest absolute Gasteiger partial charge is 0.456 e. The van der Waals surface area contributed by atoms with Crippen LogP contribution < -0.4 is 4.90 Å². The van der Waals surface area contributed by atoms with Crippen LogP contribution in [0.3, 0.4) is 0 Å². The van der Waals surface area contributed by atoms with Crippen LogP contribution >= 0.6 is 0 Å². The highest BCUT2D eigenvalue weighted by Gasteiger charge is 2.26. The number of furan rings is 2. The molecular formula is C44H33NO2. The average molecular weight is 608 g/mol. The third-order valence-corrected chi connectivity index (χ3v) is 9.38. The van der Waals surface area contributed by atoms with Crippen molar-refractivity contribution in [2.75, 3.05) is 4.90 Å². The molecule has 7 aromatic carbocycles. The second-order valence-corrected chi connectivity index (χ2v) is 13.3. The minimum Gasteiger partial charge on any atom is -0.456 e. The van der Waals surface area contributed by atoms with E-state index in [1.54, 1.807) is 0 Å². The second kappa shape index (κ2) is 10.4. The van der Waals surface area contributed by atoms with Crippen molar-refractivity contribution < 1.29 is 8.83 Å². The lowest BCUT2D eigenvalue weighted by Gasteiger charge is -2.28. The lowest BCUT2D eigenvalue weighted by Crippen LogP contribution is -2.12. The average Bonchev–Trinajstić information content (AvgIpc) is 3.68. The summed E-state index contributed by atoms with van der Waals surface area (Å²) in [5.41, 5.74) is 10.4. The number of benzene rings is 7. The Morgan fingerprint density at radius 2 is 1.06 bits per heavy atom. The van der Waals surface area contributed by atoms with Crippen LogP contribution in [0.4, 0.5) is 17.1 Å². The smallest absolute Gasteiger partial charge is 0.143 e. The third-order valence-electron chi connectivity index (χ3n) is 9.38. The quantitative estimate of drug-likeness (QED) is 0.199. The minimum atomic E-state index is -0.0591. The molecule has 0 saturated carbocycles. The van der Waals surface area contributed by atoms with Crippen LogP contribution in [-0.4, -0.2) is 0 Å². The van der Waals surface area contributed by atoms with E-state index in [0.717, 1.165) is 66.3 Å². The van der Waals surface area contributed by atoms with Crippen molar-refractivity contribution >= 4 is 71.7 Å². The molecule has 0 spiro atoms. The monoisotopic (exact) mass is 607 g/mol. The summed E-state index contributed by atoms with van der Waals surface area (Å²) in [6, 6.07) is 51.5. The maximum atomic E-state index is 6.69. The molecule has 0 aliphatic heterocycles. The van der Waals surface area contributed by atoms with Gasteiger partial charge in [-0.2, -0.15) is 0 Å². The van der Waals surface area contributed by atoms with Crippen molar-refractivity contribution in [3.05, 3.63) is 151 Å². The lowest BCUT2D eigenvalue weighted by molar-refractivity contribution is 0.594. The van der Waals surface area contributed by atoms with E-state index in [9.17, 15) is 0 Å². The number of para-hydroxylation sites is 1. The number of hydrogen-bond acceptors (Lipinski definition) is 3. The third kappa shape index (κ3) is 4.34. The molecule has 47 heavy (non-hydrogen) atoms. The van der Waals surface area contributed by atoms with E-state index in [0.29, 0.717) is 0 Å². The van der Waals surface area contributed by atoms with Gasteiger partial charge in [0.15, 0.2) is 0 Å². The first kappa shape index (κ1) is 27.5. The molecule has 0 fully saturated rings. The molecule has 9 aromatic rings. The number of fused-ring (bicyclic) bond motifs is 8. The molecule has 0 saturated heterocycles. The summed E-state index contributed by atoms with van der Waals surface area (Å²) >= 11 is 0. The predicted molar refractivity (Wildman–Crippen MR) is 197 cm³/mol. The molecule has 0 bridgehead atoms. The lowest BCUT2D eigenvalue weighted by atomic mass is 9.84. The van der Waals surface area contributed by atoms with Crippen LogP contribution in [0.5, 0.6) is 0 Å². The topological polar surface area (TPSA) is 29.5 Å². The van der Waals surface area contributed by atoms with Crippen LogP contribution in [0, 0.1) is 0 Å². The minimum absolute atomic E-state index is 0.0591. The van der Waals surface area contributed by atoms with Gasteiger partial charge in [-0.3, -0.25) is 0 Å². The molecule has 2 aromatic heterocycles. The molecule has 0 aliphatic carbocycles. The molecule has 226 valence electrons. The molecule has 3 heteroatoms. The molecule has 0 radical (unpaired) electrons. The Hall–Kier alpha value is -5.80. The van der Waals surface area contributed by atoms with Crippen molar-refractivity contribution in [3.8, 4) is 11.1 Å². The molecule has 3 nitrogen and oxygen atoms in total. The molecular weight excluding hydrogens is 574 g/mol. The standard InChI is InChI=1S/C44H33NO2/c1-44(2,3)35-18-11-21-39-41(35)34-27-37(31-15-7-8-16-32(31)43(34)47-39)45(30-25-23-29(24-26-30)28-13-5-4-6-14-28)36-19-12-22-40-42(36)33-17-9-10-20-38(33)46-40/h4-27H,1-3H3. The fourth-order valence-corrected chi connectivity index (χ4v) is 7.22. The number of hydrogen-bond donors (Lipinski definition) is 0. The van der Waals surface area contributed by atoms with E-state index in [2.05, 4.69) is 159 Å². The van der Waals surface area contributed by atoms with Crippen LogP contribution in [0.15, 0.2) is 154 Å². The Bertz CT molecular complexity index is 2600. The molecule has 0 N–H and O–H groups in total. The van der Waals surface area contributed by atoms with Gasteiger partial charge in [-0.25, -0.2) is 0 Å². The Balaban J connectivity index is 1.40. The Morgan fingerprint density at radius 1 is 0.447 bits per heavy atom. The first-order chi connectivity index (χ1) is 23.0. The second-order valence-electron chi connectivity index (χ2n) is 13.3. The SMILES string of the molecule is CC(C)(C)c1cccc2oc3c4ccccc4c(N(c4ccc(-c5ccccc5)cc4)c4cccc5oc6ccccc6c45)cc3c12. The first-order valence-corrected chi connectivity index (χ1v) is 16.2. The Labute approximate surface area is 273 Å². The number of rotatable bonds is 4. The molecule has 0 amide bonds. The highest BCUT2D eigenvalue weighted by molar-refractivity contribution is 6.22. The number of anilines is 3. The fraction of sp³-hybridized carbons (Fsp3) is 0.0909. The van der Waals surface area contributed by atoms with Gasteiger partial charge in [0.05, 0.1) is 16.8 Å². The van der Waals surface area contributed by atoms with Crippen LogP contribution in [0.2, 0.25) is 0 Å². The van der Waals surface area contributed by atoms with Gasteiger partial charge in [0, 0.05) is 32.6 Å². The summed E-state index contributed by atoms with van der Waals surface area (Å²) in [4.78, 5) is 2.40. The van der Waals surface area contributed by atoms with Gasteiger partial charge >= 0.3 is 0 Å². The van der Waals surface area contributed by atoms with Gasteiger partial charge in [-0.1, -0.05) is 124 Å². The summed E-state index contributed by atoms with van der Waals surface area (Å²) in [7, 11) is 0. The maximum absolute atomic E-state index is 6.69. The Morgan fingerprint density at radius 3 is 1.83 bits per heavy atom. The van der Waals surface area contributed by atoms with Crippen molar-refractivity contribution in [2.24, 2.45) is 0 Å².